The summed E-state index contributed by atoms with van der Waals surface area (Å²) in [5.74, 6) is 0. The van der Waals surface area contributed by atoms with E-state index in [1.54, 1.807) is 0 Å². The molecule has 7 nitrogen and oxygen atoms in total. The predicted molar refractivity (Wildman–Crippen MR) is 138 cm³/mol. The van der Waals surface area contributed by atoms with Crippen LogP contribution in [0.1, 0.15) is 116 Å². The van der Waals surface area contributed by atoms with Gasteiger partial charge in [0.1, 0.15) is 6.54 Å². The smallest absolute Gasteiger partial charge is 0.262 e. The molecule has 0 spiro atoms. The van der Waals surface area contributed by atoms with Crippen molar-refractivity contribution in [1.82, 2.24) is 5.32 Å². The number of nitrogens with zero attached hydrogens (tertiary/aromatic N) is 1. The number of phosphoric acid groups is 1. The van der Waals surface area contributed by atoms with Gasteiger partial charge in [0.05, 0.1) is 27.2 Å². The Kier molecular flexibility index (Phi) is 26.7. The summed E-state index contributed by atoms with van der Waals surface area (Å²) >= 11 is 0. The van der Waals surface area contributed by atoms with E-state index in [1.165, 1.54) is 116 Å². The van der Waals surface area contributed by atoms with E-state index >= 15 is 0 Å². The van der Waals surface area contributed by atoms with Gasteiger partial charge in [0, 0.05) is 13.0 Å². The van der Waals surface area contributed by atoms with Gasteiger partial charge in [0.25, 0.3) is 7.82 Å². The number of nitrogens with one attached hydrogen (secondary N) is 1. The maximum Gasteiger partial charge on any atom is 0.262 e. The van der Waals surface area contributed by atoms with Crippen LogP contribution in [-0.2, 0) is 4.57 Å². The van der Waals surface area contributed by atoms with Gasteiger partial charge < -0.3 is 29.6 Å². The molecule has 0 aliphatic carbocycles. The van der Waals surface area contributed by atoms with Gasteiger partial charge in [-0.25, -0.2) is 0 Å². The minimum Gasteiger partial charge on any atom is -0.756 e. The van der Waals surface area contributed by atoms with Crippen molar-refractivity contribution in [3.63, 3.8) is 0 Å². The van der Waals surface area contributed by atoms with E-state index in [0.29, 0.717) is 6.61 Å². The van der Waals surface area contributed by atoms with E-state index in [1.807, 2.05) is 0 Å². The van der Waals surface area contributed by atoms with Gasteiger partial charge in [-0.2, -0.15) is 0 Å². The molecule has 0 amide bonds. The van der Waals surface area contributed by atoms with Gasteiger partial charge in [0.2, 0.25) is 0 Å². The fourth-order valence-corrected chi connectivity index (χ4v) is 3.94. The Labute approximate surface area is 205 Å². The summed E-state index contributed by atoms with van der Waals surface area (Å²) in [6, 6.07) is 0. The minimum absolute atomic E-state index is 0.291. The van der Waals surface area contributed by atoms with E-state index in [0.717, 1.165) is 24.1 Å². The van der Waals surface area contributed by atoms with E-state index < -0.39 is 7.82 Å². The molecule has 0 aromatic carbocycles. The van der Waals surface area contributed by atoms with Gasteiger partial charge in [-0.1, -0.05) is 103 Å². The summed E-state index contributed by atoms with van der Waals surface area (Å²) in [5, 5.41) is 12.6. The Morgan fingerprint density at radius 2 is 1.00 bits per heavy atom. The SMILES string of the molecule is CCCCCCCCCCCCCCCCCCNCCC[N+](C)(C)CCO.O=P([O-])(O)O. The lowest BCUT2D eigenvalue weighted by Crippen LogP contribution is -2.43. The average Bonchev–Trinajstić information content (AvgIpc) is 2.71. The summed E-state index contributed by atoms with van der Waals surface area (Å²) in [4.78, 5) is 22.9. The monoisotopic (exact) mass is 496 g/mol. The quantitative estimate of drug-likeness (QED) is 0.0924. The van der Waals surface area contributed by atoms with Crippen molar-refractivity contribution >= 4 is 7.82 Å². The molecule has 0 fully saturated rings. The molecule has 0 bridgehead atoms. The van der Waals surface area contributed by atoms with Crippen molar-refractivity contribution in [1.29, 1.82) is 0 Å². The van der Waals surface area contributed by atoms with Crippen molar-refractivity contribution in [2.45, 2.75) is 116 Å². The molecule has 0 aliphatic heterocycles. The first-order valence-electron chi connectivity index (χ1n) is 13.5. The van der Waals surface area contributed by atoms with Crippen LogP contribution in [0, 0.1) is 0 Å². The number of hydrogen-bond donors (Lipinski definition) is 4. The third-order valence-electron chi connectivity index (χ3n) is 6.03. The van der Waals surface area contributed by atoms with E-state index in [4.69, 9.17) is 24.4 Å². The molecule has 202 valence electrons. The highest BCUT2D eigenvalue weighted by molar-refractivity contribution is 7.43. The number of quaternary nitrogens is 1. The molecule has 0 aliphatic rings. The first-order valence-corrected chi connectivity index (χ1v) is 15.1. The molecule has 0 heterocycles. The van der Waals surface area contributed by atoms with Gasteiger partial charge in [0.15, 0.2) is 0 Å². The summed E-state index contributed by atoms with van der Waals surface area (Å²) in [7, 11) is -0.488. The summed E-state index contributed by atoms with van der Waals surface area (Å²) in [5.41, 5.74) is 0. The fourth-order valence-electron chi connectivity index (χ4n) is 3.94. The average molecular weight is 497 g/mol. The van der Waals surface area contributed by atoms with Crippen LogP contribution in [0.15, 0.2) is 0 Å². The third-order valence-corrected chi connectivity index (χ3v) is 6.03. The first kappa shape index (κ1) is 35.2. The topological polar surface area (TPSA) is 113 Å². The predicted octanol–water partition coefficient (Wildman–Crippen LogP) is 4.74. The lowest BCUT2D eigenvalue weighted by Gasteiger charge is -2.28. The van der Waals surface area contributed by atoms with Gasteiger partial charge in [-0.15, -0.1) is 0 Å². The number of aliphatic hydroxyl groups is 1. The van der Waals surface area contributed by atoms with Crippen LogP contribution in [0.25, 0.3) is 0 Å². The van der Waals surface area contributed by atoms with Crippen molar-refractivity contribution in [3.05, 3.63) is 0 Å². The Morgan fingerprint density at radius 1 is 0.667 bits per heavy atom. The van der Waals surface area contributed by atoms with Crippen LogP contribution in [-0.4, -0.2) is 66.3 Å². The summed E-state index contributed by atoms with van der Waals surface area (Å²) in [6.45, 7) is 6.88. The second-order valence-corrected chi connectivity index (χ2v) is 11.0. The first-order chi connectivity index (χ1) is 15.6. The van der Waals surface area contributed by atoms with E-state index in [-0.39, 0.29) is 0 Å². The minimum atomic E-state index is -4.89. The third kappa shape index (κ3) is 39.5. The Balaban J connectivity index is 0. The largest absolute Gasteiger partial charge is 0.756 e. The lowest BCUT2D eigenvalue weighted by atomic mass is 10.0. The van der Waals surface area contributed by atoms with Gasteiger partial charge in [-0.05, 0) is 13.0 Å². The Bertz CT molecular complexity index is 425. The number of unbranched alkanes of at least 4 members (excludes halogenated alkanes) is 15. The molecule has 0 aromatic heterocycles. The van der Waals surface area contributed by atoms with E-state index in [9.17, 15) is 0 Å². The van der Waals surface area contributed by atoms with Gasteiger partial charge >= 0.3 is 0 Å². The second kappa shape index (κ2) is 25.1. The highest BCUT2D eigenvalue weighted by atomic mass is 31.2. The molecule has 0 aromatic rings. The highest BCUT2D eigenvalue weighted by Crippen LogP contribution is 2.19. The van der Waals surface area contributed by atoms with Crippen molar-refractivity contribution < 1.29 is 28.8 Å². The zero-order chi connectivity index (χ0) is 25.3. The Hall–Kier alpha value is -0.0100. The van der Waals surface area contributed by atoms with E-state index in [2.05, 4.69) is 26.3 Å². The standard InChI is InChI=1S/C25H55N2O.H3O4P/c1-4-5-6-7-8-9-10-11-12-13-14-15-16-17-18-19-21-26-22-20-23-27(2,3)24-25-28;1-5(2,3)4/h26,28H,4-25H2,1-3H3;(H3,1,2,3,4)/q+1;/p-1. The van der Waals surface area contributed by atoms with Crippen LogP contribution in [0.2, 0.25) is 0 Å². The molecule has 0 saturated heterocycles. The second-order valence-electron chi connectivity index (χ2n) is 10.0. The number of hydrogen-bond acceptors (Lipinski definition) is 4. The number of rotatable bonds is 23. The number of aliphatic hydroxyl groups excluding tert-OH is 1. The number of likely N-dealkylation sites (N-methyl/N-ethyl adjacent to an activating group) is 1. The van der Waals surface area contributed by atoms with Crippen molar-refractivity contribution in [2.75, 3.05) is 46.9 Å². The fraction of sp³-hybridized carbons (Fsp3) is 1.00. The zero-order valence-corrected chi connectivity index (χ0v) is 23.0. The van der Waals surface area contributed by atoms with Crippen LogP contribution >= 0.6 is 7.82 Å². The molecule has 33 heavy (non-hydrogen) atoms. The van der Waals surface area contributed by atoms with Crippen molar-refractivity contribution in [3.8, 4) is 0 Å². The summed E-state index contributed by atoms with van der Waals surface area (Å²) < 4.78 is 9.70. The van der Waals surface area contributed by atoms with Crippen LogP contribution in [0.3, 0.4) is 0 Å². The molecular weight excluding hydrogens is 439 g/mol. The molecule has 0 unspecified atom stereocenters. The molecule has 0 radical (unpaired) electrons. The lowest BCUT2D eigenvalue weighted by molar-refractivity contribution is -0.890. The van der Waals surface area contributed by atoms with Gasteiger partial charge in [-0.3, -0.25) is 4.57 Å². The molecule has 0 saturated carbocycles. The molecule has 4 N–H and O–H groups in total. The molecule has 8 heteroatoms. The van der Waals surface area contributed by atoms with Crippen LogP contribution in [0.5, 0.6) is 0 Å². The van der Waals surface area contributed by atoms with Crippen molar-refractivity contribution in [2.24, 2.45) is 0 Å². The normalized spacial score (nSPS) is 12.0. The summed E-state index contributed by atoms with van der Waals surface area (Å²) in [6.07, 6.45) is 24.2. The molecule has 0 rings (SSSR count). The van der Waals surface area contributed by atoms with Crippen LogP contribution in [0.4, 0.5) is 0 Å². The highest BCUT2D eigenvalue weighted by Gasteiger charge is 2.12. The zero-order valence-electron chi connectivity index (χ0n) is 22.1. The maximum atomic E-state index is 9.04. The Morgan fingerprint density at radius 3 is 1.36 bits per heavy atom. The molecular formula is C25H57N2O5P. The van der Waals surface area contributed by atoms with Crippen LogP contribution < -0.4 is 10.2 Å². The maximum absolute atomic E-state index is 9.04. The molecule has 0 atom stereocenters.